The Morgan fingerprint density at radius 2 is 1.59 bits per heavy atom. The monoisotopic (exact) mass is 453 g/mol. The summed E-state index contributed by atoms with van der Waals surface area (Å²) in [7, 11) is 1.81. The molecule has 1 aliphatic rings. The number of anilines is 1. The number of carbonyl (C=O) groups excluding carboxylic acids is 1. The van der Waals surface area contributed by atoms with E-state index in [0.29, 0.717) is 5.69 Å². The topological polar surface area (TPSA) is 84.7 Å². The van der Waals surface area contributed by atoms with Gasteiger partial charge in [-0.25, -0.2) is 9.59 Å². The highest BCUT2D eigenvalue weighted by Gasteiger charge is 2.30. The molecule has 3 aromatic carbocycles. The second kappa shape index (κ2) is 8.86. The first-order chi connectivity index (χ1) is 16.5. The molecule has 1 N–H and O–H groups in total. The van der Waals surface area contributed by atoms with Gasteiger partial charge in [-0.05, 0) is 46.5 Å². The number of carboxylic acids is 1. The maximum absolute atomic E-state index is 13.3. The van der Waals surface area contributed by atoms with Gasteiger partial charge in [0.2, 0.25) is 0 Å². The molecule has 0 spiro atoms. The van der Waals surface area contributed by atoms with Crippen LogP contribution in [0.25, 0.3) is 11.1 Å². The summed E-state index contributed by atoms with van der Waals surface area (Å²) < 4.78 is 7.52. The normalized spacial score (nSPS) is 12.1. The van der Waals surface area contributed by atoms with Crippen LogP contribution in [0.4, 0.5) is 10.5 Å². The molecule has 34 heavy (non-hydrogen) atoms. The first-order valence-electron chi connectivity index (χ1n) is 10.9. The molecule has 0 bridgehead atoms. The van der Waals surface area contributed by atoms with Gasteiger partial charge >= 0.3 is 12.1 Å². The second-order valence-electron chi connectivity index (χ2n) is 8.26. The van der Waals surface area contributed by atoms with Gasteiger partial charge in [-0.15, -0.1) is 0 Å². The molecule has 0 atom stereocenters. The van der Waals surface area contributed by atoms with Crippen LogP contribution in [0.15, 0.2) is 85.2 Å². The van der Waals surface area contributed by atoms with Crippen LogP contribution in [0.2, 0.25) is 0 Å². The molecule has 0 aliphatic heterocycles. The predicted molar refractivity (Wildman–Crippen MR) is 128 cm³/mol. The minimum absolute atomic E-state index is 0.0500. The number of aryl methyl sites for hydroxylation is 1. The minimum atomic E-state index is -1.02. The first kappa shape index (κ1) is 21.5. The predicted octanol–water partition coefficient (Wildman–Crippen LogP) is 5.07. The quantitative estimate of drug-likeness (QED) is 0.440. The zero-order valence-electron chi connectivity index (χ0n) is 18.6. The second-order valence-corrected chi connectivity index (χ2v) is 8.26. The Balaban J connectivity index is 1.40. The number of hydrogen-bond acceptors (Lipinski definition) is 4. The standard InChI is InChI=1S/C27H23N3O4/c1-29-15-18(14-28-29)16-30(20-12-10-19(11-13-20)26(31)32)27(33)34-17-25-23-8-4-2-6-21(23)22-7-3-5-9-24(22)25/h2-15,25H,16-17H2,1H3,(H,31,32). The molecule has 1 amide bonds. The van der Waals surface area contributed by atoms with E-state index in [1.54, 1.807) is 23.0 Å². The summed E-state index contributed by atoms with van der Waals surface area (Å²) in [6.45, 7) is 0.445. The van der Waals surface area contributed by atoms with E-state index in [1.807, 2.05) is 37.5 Å². The molecule has 7 heteroatoms. The van der Waals surface area contributed by atoms with E-state index in [0.717, 1.165) is 27.8 Å². The highest BCUT2D eigenvalue weighted by molar-refractivity contribution is 5.91. The van der Waals surface area contributed by atoms with E-state index in [9.17, 15) is 14.7 Å². The SMILES string of the molecule is Cn1cc(CN(C(=O)OCC2c3ccccc3-c3ccccc32)c2ccc(C(=O)O)cc2)cn1. The van der Waals surface area contributed by atoms with Crippen molar-refractivity contribution >= 4 is 17.7 Å². The van der Waals surface area contributed by atoms with Gasteiger partial charge in [-0.1, -0.05) is 48.5 Å². The summed E-state index contributed by atoms with van der Waals surface area (Å²) in [5, 5.41) is 13.4. The molecule has 0 saturated carbocycles. The van der Waals surface area contributed by atoms with Crippen LogP contribution in [-0.2, 0) is 18.3 Å². The number of ether oxygens (including phenoxy) is 1. The first-order valence-corrected chi connectivity index (χ1v) is 10.9. The van der Waals surface area contributed by atoms with Crippen LogP contribution in [0, 0.1) is 0 Å². The number of fused-ring (bicyclic) bond motifs is 3. The fourth-order valence-corrected chi connectivity index (χ4v) is 4.45. The van der Waals surface area contributed by atoms with Crippen molar-refractivity contribution in [3.8, 4) is 11.1 Å². The Bertz CT molecular complexity index is 1310. The molecule has 1 aromatic heterocycles. The van der Waals surface area contributed by atoms with Crippen molar-refractivity contribution in [2.45, 2.75) is 12.5 Å². The Morgan fingerprint density at radius 1 is 0.971 bits per heavy atom. The van der Waals surface area contributed by atoms with Crippen LogP contribution >= 0.6 is 0 Å². The lowest BCUT2D eigenvalue weighted by atomic mass is 9.98. The lowest BCUT2D eigenvalue weighted by Crippen LogP contribution is -2.32. The average Bonchev–Trinajstić information content (AvgIpc) is 3.41. The zero-order valence-corrected chi connectivity index (χ0v) is 18.6. The number of rotatable bonds is 6. The van der Waals surface area contributed by atoms with Gasteiger partial charge in [0.1, 0.15) is 6.61 Å². The number of aromatic carboxylic acids is 1. The van der Waals surface area contributed by atoms with Gasteiger partial charge in [0.15, 0.2) is 0 Å². The molecule has 0 saturated heterocycles. The maximum Gasteiger partial charge on any atom is 0.414 e. The van der Waals surface area contributed by atoms with E-state index >= 15 is 0 Å². The maximum atomic E-state index is 13.3. The van der Waals surface area contributed by atoms with Gasteiger partial charge < -0.3 is 9.84 Å². The average molecular weight is 453 g/mol. The van der Waals surface area contributed by atoms with Crippen LogP contribution < -0.4 is 4.90 Å². The Kier molecular flexibility index (Phi) is 5.59. The smallest absolute Gasteiger partial charge is 0.414 e. The van der Waals surface area contributed by atoms with Crippen molar-refractivity contribution in [2.75, 3.05) is 11.5 Å². The molecule has 5 rings (SSSR count). The summed E-state index contributed by atoms with van der Waals surface area (Å²) in [6, 6.07) is 22.5. The number of benzene rings is 3. The highest BCUT2D eigenvalue weighted by atomic mass is 16.6. The van der Waals surface area contributed by atoms with Gasteiger partial charge in [-0.3, -0.25) is 9.58 Å². The lowest BCUT2D eigenvalue weighted by molar-refractivity contribution is 0.0697. The zero-order chi connectivity index (χ0) is 23.7. The Hall–Kier alpha value is -4.39. The van der Waals surface area contributed by atoms with E-state index in [-0.39, 0.29) is 24.6 Å². The molecular weight excluding hydrogens is 430 g/mol. The van der Waals surface area contributed by atoms with Crippen molar-refractivity contribution in [2.24, 2.45) is 7.05 Å². The molecule has 1 aliphatic carbocycles. The van der Waals surface area contributed by atoms with Crippen LogP contribution in [0.5, 0.6) is 0 Å². The highest BCUT2D eigenvalue weighted by Crippen LogP contribution is 2.44. The third kappa shape index (κ3) is 4.03. The summed E-state index contributed by atoms with van der Waals surface area (Å²) >= 11 is 0. The third-order valence-corrected chi connectivity index (χ3v) is 6.08. The summed E-state index contributed by atoms with van der Waals surface area (Å²) in [5.74, 6) is -1.07. The molecule has 7 nitrogen and oxygen atoms in total. The molecule has 1 heterocycles. The van der Waals surface area contributed by atoms with Gasteiger partial charge in [0.25, 0.3) is 0 Å². The number of amides is 1. The van der Waals surface area contributed by atoms with Crippen molar-refractivity contribution in [1.82, 2.24) is 9.78 Å². The number of carboxylic acid groups (broad SMARTS) is 1. The lowest BCUT2D eigenvalue weighted by Gasteiger charge is -2.23. The van der Waals surface area contributed by atoms with Crippen LogP contribution in [-0.4, -0.2) is 33.6 Å². The van der Waals surface area contributed by atoms with Crippen molar-refractivity contribution < 1.29 is 19.4 Å². The van der Waals surface area contributed by atoms with E-state index in [4.69, 9.17) is 4.74 Å². The van der Waals surface area contributed by atoms with Crippen LogP contribution in [0.1, 0.15) is 33.0 Å². The summed E-state index contributed by atoms with van der Waals surface area (Å²) in [6.07, 6.45) is 3.01. The molecule has 4 aromatic rings. The summed E-state index contributed by atoms with van der Waals surface area (Å²) in [5.41, 5.74) is 6.13. The molecule has 170 valence electrons. The van der Waals surface area contributed by atoms with E-state index < -0.39 is 12.1 Å². The van der Waals surface area contributed by atoms with Gasteiger partial charge in [0, 0.05) is 30.4 Å². The minimum Gasteiger partial charge on any atom is -0.478 e. The number of carbonyl (C=O) groups is 2. The van der Waals surface area contributed by atoms with Crippen molar-refractivity contribution in [1.29, 1.82) is 0 Å². The third-order valence-electron chi connectivity index (χ3n) is 6.08. The molecule has 0 unspecified atom stereocenters. The van der Waals surface area contributed by atoms with Crippen molar-refractivity contribution in [3.63, 3.8) is 0 Å². The Labute approximate surface area is 196 Å². The number of hydrogen-bond donors (Lipinski definition) is 1. The number of aromatic nitrogens is 2. The fourth-order valence-electron chi connectivity index (χ4n) is 4.45. The van der Waals surface area contributed by atoms with Gasteiger partial charge in [0.05, 0.1) is 18.3 Å². The number of nitrogens with zero attached hydrogens (tertiary/aromatic N) is 3. The fraction of sp³-hybridized carbons (Fsp3) is 0.148. The summed E-state index contributed by atoms with van der Waals surface area (Å²) in [4.78, 5) is 26.1. The Morgan fingerprint density at radius 3 is 2.15 bits per heavy atom. The van der Waals surface area contributed by atoms with Crippen LogP contribution in [0.3, 0.4) is 0 Å². The van der Waals surface area contributed by atoms with Crippen molar-refractivity contribution in [3.05, 3.63) is 107 Å². The van der Waals surface area contributed by atoms with Gasteiger partial charge in [-0.2, -0.15) is 5.10 Å². The molecule has 0 fully saturated rings. The molecule has 0 radical (unpaired) electrons. The molecular formula is C27H23N3O4. The largest absolute Gasteiger partial charge is 0.478 e. The van der Waals surface area contributed by atoms with E-state index in [1.165, 1.54) is 17.0 Å². The van der Waals surface area contributed by atoms with E-state index in [2.05, 4.69) is 29.4 Å².